The van der Waals surface area contributed by atoms with E-state index in [1.165, 1.54) is 55.6 Å². The van der Waals surface area contributed by atoms with Gasteiger partial charge in [0.2, 0.25) is 0 Å². The zero-order valence-corrected chi connectivity index (χ0v) is 10.2. The van der Waals surface area contributed by atoms with Crippen molar-refractivity contribution >= 4 is 5.69 Å². The van der Waals surface area contributed by atoms with E-state index in [-0.39, 0.29) is 0 Å². The third-order valence-corrected chi connectivity index (χ3v) is 3.44. The lowest BCUT2D eigenvalue weighted by molar-refractivity contribution is 0.726. The molecular weight excluding hydrogens is 196 g/mol. The fourth-order valence-electron chi connectivity index (χ4n) is 2.51. The minimum atomic E-state index is 0.640. The van der Waals surface area contributed by atoms with Gasteiger partial charge in [-0.15, -0.1) is 0 Å². The molecule has 88 valence electrons. The molecular formula is C14H22N2. The van der Waals surface area contributed by atoms with Gasteiger partial charge in [0.25, 0.3) is 0 Å². The van der Waals surface area contributed by atoms with E-state index in [0.717, 1.165) is 0 Å². The fraction of sp³-hybridized carbons (Fsp3) is 0.571. The molecule has 0 bridgehead atoms. The number of aryl methyl sites for hydroxylation is 1. The average molecular weight is 218 g/mol. The molecule has 1 aliphatic rings. The molecule has 0 aromatic heterocycles. The molecule has 1 saturated heterocycles. The van der Waals surface area contributed by atoms with Crippen molar-refractivity contribution in [2.24, 2.45) is 5.73 Å². The van der Waals surface area contributed by atoms with E-state index in [0.29, 0.717) is 6.54 Å². The maximum atomic E-state index is 5.66. The predicted molar refractivity (Wildman–Crippen MR) is 69.8 cm³/mol. The van der Waals surface area contributed by atoms with Crippen molar-refractivity contribution in [1.82, 2.24) is 0 Å². The maximum absolute atomic E-state index is 5.66. The zero-order chi connectivity index (χ0) is 11.4. The lowest BCUT2D eigenvalue weighted by Crippen LogP contribution is -2.24. The van der Waals surface area contributed by atoms with E-state index in [1.54, 1.807) is 0 Å². The maximum Gasteiger partial charge on any atom is 0.0396 e. The molecule has 2 nitrogen and oxygen atoms in total. The van der Waals surface area contributed by atoms with Gasteiger partial charge in [0.15, 0.2) is 0 Å². The fourth-order valence-corrected chi connectivity index (χ4v) is 2.51. The standard InChI is InChI=1S/C14H22N2/c1-12-10-13(11-15)6-7-14(12)16-8-4-2-3-5-9-16/h6-7,10H,2-5,8-9,11,15H2,1H3. The summed E-state index contributed by atoms with van der Waals surface area (Å²) in [5.74, 6) is 0. The quantitative estimate of drug-likeness (QED) is 0.827. The number of benzene rings is 1. The minimum absolute atomic E-state index is 0.640. The van der Waals surface area contributed by atoms with Crippen LogP contribution in [0.4, 0.5) is 5.69 Å². The SMILES string of the molecule is Cc1cc(CN)ccc1N1CCCCCC1. The number of hydrogen-bond donors (Lipinski definition) is 1. The normalized spacial score (nSPS) is 17.2. The Morgan fingerprint density at radius 3 is 2.38 bits per heavy atom. The Bertz CT molecular complexity index is 339. The Labute approximate surface area is 98.4 Å². The van der Waals surface area contributed by atoms with Crippen LogP contribution >= 0.6 is 0 Å². The van der Waals surface area contributed by atoms with Crippen LogP contribution in [-0.2, 0) is 6.54 Å². The smallest absolute Gasteiger partial charge is 0.0396 e. The largest absolute Gasteiger partial charge is 0.371 e. The molecule has 1 fully saturated rings. The summed E-state index contributed by atoms with van der Waals surface area (Å²) in [4.78, 5) is 2.53. The van der Waals surface area contributed by atoms with Gasteiger partial charge >= 0.3 is 0 Å². The Hall–Kier alpha value is -1.02. The van der Waals surface area contributed by atoms with Crippen LogP contribution in [0.2, 0.25) is 0 Å². The monoisotopic (exact) mass is 218 g/mol. The zero-order valence-electron chi connectivity index (χ0n) is 10.2. The summed E-state index contributed by atoms with van der Waals surface area (Å²) < 4.78 is 0. The summed E-state index contributed by atoms with van der Waals surface area (Å²) in [6, 6.07) is 6.62. The lowest BCUT2D eigenvalue weighted by atomic mass is 10.1. The lowest BCUT2D eigenvalue weighted by Gasteiger charge is -2.25. The molecule has 2 N–H and O–H groups in total. The number of nitrogens with zero attached hydrogens (tertiary/aromatic N) is 1. The molecule has 16 heavy (non-hydrogen) atoms. The minimum Gasteiger partial charge on any atom is -0.371 e. The van der Waals surface area contributed by atoms with Crippen LogP contribution in [-0.4, -0.2) is 13.1 Å². The highest BCUT2D eigenvalue weighted by Gasteiger charge is 2.11. The topological polar surface area (TPSA) is 29.3 Å². The number of nitrogens with two attached hydrogens (primary N) is 1. The molecule has 1 aliphatic heterocycles. The summed E-state index contributed by atoms with van der Waals surface area (Å²) in [5, 5.41) is 0. The van der Waals surface area contributed by atoms with Crippen molar-refractivity contribution < 1.29 is 0 Å². The van der Waals surface area contributed by atoms with Crippen molar-refractivity contribution in [2.45, 2.75) is 39.2 Å². The van der Waals surface area contributed by atoms with Gasteiger partial charge in [-0.2, -0.15) is 0 Å². The second kappa shape index (κ2) is 5.35. The Morgan fingerprint density at radius 1 is 1.12 bits per heavy atom. The summed E-state index contributed by atoms with van der Waals surface area (Å²) in [5.41, 5.74) is 9.66. The third-order valence-electron chi connectivity index (χ3n) is 3.44. The molecule has 2 rings (SSSR count). The van der Waals surface area contributed by atoms with Crippen molar-refractivity contribution in [3.63, 3.8) is 0 Å². The molecule has 0 spiro atoms. The second-order valence-corrected chi connectivity index (χ2v) is 4.73. The summed E-state index contributed by atoms with van der Waals surface area (Å²) in [6.07, 6.45) is 5.43. The third kappa shape index (κ3) is 2.56. The van der Waals surface area contributed by atoms with Gasteiger partial charge in [0.05, 0.1) is 0 Å². The average Bonchev–Trinajstić information content (AvgIpc) is 2.57. The Balaban J connectivity index is 2.18. The molecule has 1 heterocycles. The first-order chi connectivity index (χ1) is 7.81. The van der Waals surface area contributed by atoms with Gasteiger partial charge < -0.3 is 10.6 Å². The summed E-state index contributed by atoms with van der Waals surface area (Å²) in [7, 11) is 0. The van der Waals surface area contributed by atoms with Crippen LogP contribution in [0.3, 0.4) is 0 Å². The molecule has 0 atom stereocenters. The van der Waals surface area contributed by atoms with E-state index in [4.69, 9.17) is 5.73 Å². The molecule has 1 aromatic rings. The second-order valence-electron chi connectivity index (χ2n) is 4.73. The van der Waals surface area contributed by atoms with Gasteiger partial charge in [0.1, 0.15) is 0 Å². The first-order valence-corrected chi connectivity index (χ1v) is 6.36. The molecule has 0 unspecified atom stereocenters. The van der Waals surface area contributed by atoms with Crippen LogP contribution in [0.25, 0.3) is 0 Å². The van der Waals surface area contributed by atoms with Gasteiger partial charge in [-0.3, -0.25) is 0 Å². The van der Waals surface area contributed by atoms with Gasteiger partial charge in [-0.25, -0.2) is 0 Å². The van der Waals surface area contributed by atoms with Crippen molar-refractivity contribution in [3.05, 3.63) is 29.3 Å². The van der Waals surface area contributed by atoms with E-state index < -0.39 is 0 Å². The molecule has 1 aromatic carbocycles. The highest BCUT2D eigenvalue weighted by Crippen LogP contribution is 2.24. The number of anilines is 1. The summed E-state index contributed by atoms with van der Waals surface area (Å²) in [6.45, 7) is 5.26. The Morgan fingerprint density at radius 2 is 1.81 bits per heavy atom. The molecule has 0 radical (unpaired) electrons. The van der Waals surface area contributed by atoms with E-state index >= 15 is 0 Å². The van der Waals surface area contributed by atoms with Crippen LogP contribution < -0.4 is 10.6 Å². The van der Waals surface area contributed by atoms with Crippen LogP contribution in [0.1, 0.15) is 36.8 Å². The van der Waals surface area contributed by atoms with Crippen LogP contribution in [0.15, 0.2) is 18.2 Å². The van der Waals surface area contributed by atoms with Gasteiger partial charge in [-0.1, -0.05) is 25.0 Å². The highest BCUT2D eigenvalue weighted by atomic mass is 15.1. The van der Waals surface area contributed by atoms with Gasteiger partial charge in [0, 0.05) is 25.3 Å². The van der Waals surface area contributed by atoms with Crippen LogP contribution in [0.5, 0.6) is 0 Å². The first-order valence-electron chi connectivity index (χ1n) is 6.36. The summed E-state index contributed by atoms with van der Waals surface area (Å²) >= 11 is 0. The number of rotatable bonds is 2. The first kappa shape index (κ1) is 11.5. The van der Waals surface area contributed by atoms with E-state index in [1.807, 2.05) is 0 Å². The van der Waals surface area contributed by atoms with E-state index in [2.05, 4.69) is 30.0 Å². The van der Waals surface area contributed by atoms with Crippen molar-refractivity contribution in [2.75, 3.05) is 18.0 Å². The molecule has 2 heteroatoms. The number of hydrogen-bond acceptors (Lipinski definition) is 2. The molecule has 0 saturated carbocycles. The van der Waals surface area contributed by atoms with Crippen LogP contribution in [0, 0.1) is 6.92 Å². The molecule has 0 amide bonds. The predicted octanol–water partition coefficient (Wildman–Crippen LogP) is 2.83. The van der Waals surface area contributed by atoms with Crippen molar-refractivity contribution in [3.8, 4) is 0 Å². The molecule has 0 aliphatic carbocycles. The van der Waals surface area contributed by atoms with Gasteiger partial charge in [-0.05, 0) is 37.0 Å². The van der Waals surface area contributed by atoms with E-state index in [9.17, 15) is 0 Å². The Kier molecular flexibility index (Phi) is 3.83. The van der Waals surface area contributed by atoms with Crippen molar-refractivity contribution in [1.29, 1.82) is 0 Å². The highest BCUT2D eigenvalue weighted by molar-refractivity contribution is 5.54.